The number of fused-ring (bicyclic) bond motifs is 1. The molecule has 3 aromatic carbocycles. The molecule has 0 fully saturated rings. The van der Waals surface area contributed by atoms with Crippen molar-refractivity contribution in [2.45, 2.75) is 64.8 Å². The number of quaternary nitrogens is 1. The quantitative estimate of drug-likeness (QED) is 0.164. The monoisotopic (exact) mass is 452 g/mol. The fourth-order valence-electron chi connectivity index (χ4n) is 3.82. The normalized spacial score (nSPS) is 10.1. The van der Waals surface area contributed by atoms with Crippen LogP contribution in [0.2, 0.25) is 0 Å². The van der Waals surface area contributed by atoms with Crippen LogP contribution in [0.1, 0.15) is 79.8 Å². The Kier molecular flexibility index (Phi) is 10.8. The molecule has 0 amide bonds. The molecule has 34 heavy (non-hydrogen) atoms. The Bertz CT molecular complexity index is 1170. The van der Waals surface area contributed by atoms with Crippen LogP contribution in [0.4, 0.5) is 0 Å². The van der Waals surface area contributed by atoms with Gasteiger partial charge in [0.25, 0.3) is 0 Å². The van der Waals surface area contributed by atoms with E-state index in [1.165, 1.54) is 49.3 Å². The Morgan fingerprint density at radius 1 is 0.824 bits per heavy atom. The largest absolute Gasteiger partial charge is 0.669 e. The number of benzene rings is 3. The summed E-state index contributed by atoms with van der Waals surface area (Å²) in [6, 6.07) is 21.5. The number of carbonyl (C=O) groups excluding carboxylic acids is 1. The summed E-state index contributed by atoms with van der Waals surface area (Å²) in [5.41, 5.74) is 4.04. The predicted molar refractivity (Wildman–Crippen MR) is 139 cm³/mol. The zero-order valence-corrected chi connectivity index (χ0v) is 20.1. The van der Waals surface area contributed by atoms with E-state index in [0.717, 1.165) is 24.0 Å². The van der Waals surface area contributed by atoms with Crippen molar-refractivity contribution in [2.75, 3.05) is 0 Å². The van der Waals surface area contributed by atoms with Crippen LogP contribution >= 0.6 is 0 Å². The van der Waals surface area contributed by atoms with Crippen molar-refractivity contribution in [1.82, 2.24) is 0 Å². The van der Waals surface area contributed by atoms with Gasteiger partial charge in [0.05, 0.1) is 4.79 Å². The van der Waals surface area contributed by atoms with Crippen molar-refractivity contribution in [1.29, 1.82) is 0 Å². The molecular formula is C31H34NO2+2. The predicted octanol–water partition coefficient (Wildman–Crippen LogP) is 6.17. The van der Waals surface area contributed by atoms with E-state index in [0.29, 0.717) is 12.1 Å². The number of unbranched alkanes of at least 4 members (excludes halogenated alkanes) is 7. The molecule has 2 N–H and O–H groups in total. The van der Waals surface area contributed by atoms with Crippen molar-refractivity contribution in [3.8, 4) is 23.7 Å². The van der Waals surface area contributed by atoms with E-state index in [9.17, 15) is 4.79 Å². The highest BCUT2D eigenvalue weighted by molar-refractivity contribution is 5.89. The molecule has 0 aromatic heterocycles. The van der Waals surface area contributed by atoms with Crippen LogP contribution in [0.15, 0.2) is 66.7 Å². The molecule has 3 rings (SSSR count). The van der Waals surface area contributed by atoms with E-state index in [1.54, 1.807) is 17.6 Å². The molecule has 0 aliphatic rings. The second kappa shape index (κ2) is 14.6. The molecule has 3 nitrogen and oxygen atoms in total. The highest BCUT2D eigenvalue weighted by Crippen LogP contribution is 2.17. The van der Waals surface area contributed by atoms with Gasteiger partial charge in [-0.3, -0.25) is 0 Å². The summed E-state index contributed by atoms with van der Waals surface area (Å²) < 4.78 is 0. The molecule has 3 heteroatoms. The average Bonchev–Trinajstić information content (AvgIpc) is 2.87. The molecule has 0 aliphatic heterocycles. The van der Waals surface area contributed by atoms with Crippen molar-refractivity contribution in [2.24, 2.45) is 0 Å². The van der Waals surface area contributed by atoms with Gasteiger partial charge in [0.1, 0.15) is 5.56 Å². The molecule has 0 aliphatic carbocycles. The van der Waals surface area contributed by atoms with Crippen molar-refractivity contribution in [3.05, 3.63) is 83.4 Å². The molecule has 0 unspecified atom stereocenters. The van der Waals surface area contributed by atoms with E-state index in [1.807, 2.05) is 30.3 Å². The van der Waals surface area contributed by atoms with Gasteiger partial charge >= 0.3 is 5.97 Å². The molecule has 0 saturated heterocycles. The summed E-state index contributed by atoms with van der Waals surface area (Å²) in [5.74, 6) is 11.6. The zero-order chi connectivity index (χ0) is 23.8. The van der Waals surface area contributed by atoms with E-state index >= 15 is 0 Å². The average molecular weight is 453 g/mol. The molecule has 0 heterocycles. The van der Waals surface area contributed by atoms with Gasteiger partial charge in [-0.05, 0) is 53.3 Å². The van der Waals surface area contributed by atoms with Crippen LogP contribution in [0.25, 0.3) is 10.8 Å². The van der Waals surface area contributed by atoms with Crippen LogP contribution < -0.4 is 5.48 Å². The van der Waals surface area contributed by atoms with Crippen molar-refractivity contribution >= 4 is 16.7 Å². The summed E-state index contributed by atoms with van der Waals surface area (Å²) in [6.07, 6.45) is 9.95. The minimum Gasteiger partial charge on any atom is -0.0891 e. The Balaban J connectivity index is 1.39. The van der Waals surface area contributed by atoms with Crippen molar-refractivity contribution < 1.29 is 15.1 Å². The second-order valence-electron chi connectivity index (χ2n) is 8.41. The van der Waals surface area contributed by atoms with Gasteiger partial charge in [-0.15, -0.1) is 0 Å². The summed E-state index contributed by atoms with van der Waals surface area (Å²) in [4.78, 5) is 17.7. The number of rotatable bonds is 11. The third-order valence-electron chi connectivity index (χ3n) is 5.76. The fraction of sp³-hybridized carbons (Fsp3) is 0.323. The molecule has 0 atom stereocenters. The first-order valence-corrected chi connectivity index (χ1v) is 12.4. The van der Waals surface area contributed by atoms with Crippen LogP contribution in [0.3, 0.4) is 0 Å². The standard InChI is InChI=1S/C31H33NO2/c1-2-3-4-5-6-7-8-9-10-11-12-16-26-21-23-28(24-22-26)31(33)34-32-25-29-19-15-18-27-17-13-14-20-30(27)29/h13-15,17-24,32H,2-9,25H2,1H3/q+1/p+1. The smallest absolute Gasteiger partial charge is 0.0891 e. The minimum absolute atomic E-state index is 0.366. The van der Waals surface area contributed by atoms with Crippen LogP contribution in [-0.2, 0) is 11.4 Å². The minimum atomic E-state index is -0.366. The van der Waals surface area contributed by atoms with E-state index in [-0.39, 0.29) is 5.97 Å². The van der Waals surface area contributed by atoms with Crippen LogP contribution in [0.5, 0.6) is 0 Å². The number of hydrogen-bond donors (Lipinski definition) is 1. The van der Waals surface area contributed by atoms with Gasteiger partial charge in [0.2, 0.25) is 0 Å². The van der Waals surface area contributed by atoms with Gasteiger partial charge in [0, 0.05) is 17.5 Å². The third-order valence-corrected chi connectivity index (χ3v) is 5.76. The number of hydroxylamine groups is 1. The molecule has 1 radical (unpaired) electrons. The van der Waals surface area contributed by atoms with Gasteiger partial charge in [0.15, 0.2) is 6.54 Å². The lowest BCUT2D eigenvalue weighted by Gasteiger charge is -2.02. The lowest BCUT2D eigenvalue weighted by molar-refractivity contribution is -0.883. The van der Waals surface area contributed by atoms with Crippen LogP contribution in [0, 0.1) is 23.7 Å². The first kappa shape index (κ1) is 25.1. The SMILES string of the molecule is CCCCCCCCCC#CC#Cc1ccc(C(=[O+])O[NH2+]Cc2cccc3ccccc23)cc1. The Hall–Kier alpha value is -3.53. The highest BCUT2D eigenvalue weighted by Gasteiger charge is 2.24. The second-order valence-corrected chi connectivity index (χ2v) is 8.41. The van der Waals surface area contributed by atoms with Gasteiger partial charge in [-0.25, -0.2) is 0 Å². The summed E-state index contributed by atoms with van der Waals surface area (Å²) in [5, 5.41) is 2.35. The summed E-state index contributed by atoms with van der Waals surface area (Å²) in [7, 11) is 0. The third kappa shape index (κ3) is 8.43. The maximum Gasteiger partial charge on any atom is 0.669 e. The maximum absolute atomic E-state index is 12.4. The fourth-order valence-corrected chi connectivity index (χ4v) is 3.82. The zero-order valence-electron chi connectivity index (χ0n) is 20.1. The summed E-state index contributed by atoms with van der Waals surface area (Å²) in [6.45, 7) is 2.81. The first-order chi connectivity index (χ1) is 16.8. The molecule has 3 aromatic rings. The topological polar surface area (TPSA) is 45.7 Å². The molecule has 0 spiro atoms. The van der Waals surface area contributed by atoms with E-state index < -0.39 is 0 Å². The number of hydrogen-bond acceptors (Lipinski definition) is 2. The van der Waals surface area contributed by atoms with Crippen molar-refractivity contribution in [3.63, 3.8) is 0 Å². The molecular weight excluding hydrogens is 418 g/mol. The van der Waals surface area contributed by atoms with Crippen LogP contribution in [-0.4, -0.2) is 5.97 Å². The Morgan fingerprint density at radius 3 is 2.38 bits per heavy atom. The van der Waals surface area contributed by atoms with Gasteiger partial charge in [-0.2, -0.15) is 0 Å². The maximum atomic E-state index is 12.4. The number of carbonyl (C=O) groups is 1. The lowest BCUT2D eigenvalue weighted by atomic mass is 10.1. The Morgan fingerprint density at radius 2 is 1.56 bits per heavy atom. The van der Waals surface area contributed by atoms with E-state index in [4.69, 9.17) is 4.84 Å². The first-order valence-electron chi connectivity index (χ1n) is 12.4. The van der Waals surface area contributed by atoms with E-state index in [2.05, 4.69) is 54.9 Å². The summed E-state index contributed by atoms with van der Waals surface area (Å²) >= 11 is 0. The molecule has 173 valence electrons. The Labute approximate surface area is 203 Å². The van der Waals surface area contributed by atoms with Gasteiger partial charge < -0.3 is 0 Å². The molecule has 0 bridgehead atoms. The molecule has 0 saturated carbocycles. The lowest BCUT2D eigenvalue weighted by Crippen LogP contribution is -2.82. The number of nitrogens with two attached hydrogens (primary N) is 1. The highest BCUT2D eigenvalue weighted by atomic mass is 16.7. The van der Waals surface area contributed by atoms with Gasteiger partial charge in [-0.1, -0.05) is 110 Å².